The van der Waals surface area contributed by atoms with E-state index in [2.05, 4.69) is 40.3 Å². The average molecular weight is 359 g/mol. The lowest BCUT2D eigenvalue weighted by Gasteiger charge is -2.22. The number of piperidine rings is 1. The number of fused-ring (bicyclic) bond motifs is 1. The Morgan fingerprint density at radius 1 is 1.04 bits per heavy atom. The fourth-order valence-corrected chi connectivity index (χ4v) is 4.17. The van der Waals surface area contributed by atoms with Gasteiger partial charge >= 0.3 is 0 Å². The molecule has 4 heteroatoms. The van der Waals surface area contributed by atoms with E-state index >= 15 is 0 Å². The molecule has 0 bridgehead atoms. The highest BCUT2D eigenvalue weighted by Gasteiger charge is 2.20. The van der Waals surface area contributed by atoms with E-state index in [-0.39, 0.29) is 0 Å². The lowest BCUT2D eigenvalue weighted by Crippen LogP contribution is -2.26. The first-order valence-corrected chi connectivity index (χ1v) is 9.20. The molecule has 2 aromatic carbocycles. The van der Waals surface area contributed by atoms with Gasteiger partial charge in [0.15, 0.2) is 0 Å². The average Bonchev–Trinajstić information content (AvgIpc) is 2.97. The summed E-state index contributed by atoms with van der Waals surface area (Å²) in [7, 11) is 0. The van der Waals surface area contributed by atoms with Gasteiger partial charge in [-0.1, -0.05) is 47.5 Å². The SMILES string of the molecule is Clc1ccc(Cn2cc(C3CCNCC3)c3ccccc32)c(Cl)c1. The van der Waals surface area contributed by atoms with E-state index in [0.29, 0.717) is 10.9 Å². The summed E-state index contributed by atoms with van der Waals surface area (Å²) in [5, 5.41) is 6.23. The minimum Gasteiger partial charge on any atom is -0.343 e. The molecule has 4 rings (SSSR count). The zero-order valence-electron chi connectivity index (χ0n) is 13.4. The third-order valence-electron chi connectivity index (χ3n) is 4.95. The van der Waals surface area contributed by atoms with Crippen LogP contribution in [-0.2, 0) is 6.54 Å². The summed E-state index contributed by atoms with van der Waals surface area (Å²) >= 11 is 12.4. The predicted octanol–water partition coefficient (Wildman–Crippen LogP) is 5.46. The van der Waals surface area contributed by atoms with Crippen molar-refractivity contribution in [2.75, 3.05) is 13.1 Å². The Balaban J connectivity index is 1.75. The van der Waals surface area contributed by atoms with Crippen molar-refractivity contribution in [3.8, 4) is 0 Å². The molecule has 0 unspecified atom stereocenters. The molecule has 3 aromatic rings. The molecule has 1 aromatic heterocycles. The van der Waals surface area contributed by atoms with Crippen LogP contribution in [0.5, 0.6) is 0 Å². The van der Waals surface area contributed by atoms with Crippen molar-refractivity contribution in [3.05, 3.63) is 69.8 Å². The number of halogens is 2. The molecular formula is C20H20Cl2N2. The van der Waals surface area contributed by atoms with E-state index in [1.807, 2.05) is 18.2 Å². The summed E-state index contributed by atoms with van der Waals surface area (Å²) in [5.74, 6) is 0.637. The van der Waals surface area contributed by atoms with Gasteiger partial charge < -0.3 is 9.88 Å². The van der Waals surface area contributed by atoms with Crippen molar-refractivity contribution >= 4 is 34.1 Å². The normalized spacial score (nSPS) is 15.9. The number of nitrogens with one attached hydrogen (secondary N) is 1. The molecule has 0 radical (unpaired) electrons. The largest absolute Gasteiger partial charge is 0.343 e. The Morgan fingerprint density at radius 3 is 2.62 bits per heavy atom. The van der Waals surface area contributed by atoms with Crippen LogP contribution in [0.2, 0.25) is 10.0 Å². The van der Waals surface area contributed by atoms with Gasteiger partial charge in [0, 0.05) is 33.7 Å². The standard InChI is InChI=1S/C20H20Cl2N2/c21-16-6-5-15(19(22)11-16)12-24-13-18(14-7-9-23-10-8-14)17-3-1-2-4-20(17)24/h1-6,11,13-14,23H,7-10,12H2. The third kappa shape index (κ3) is 3.06. The summed E-state index contributed by atoms with van der Waals surface area (Å²) in [6, 6.07) is 14.4. The van der Waals surface area contributed by atoms with Crippen LogP contribution in [0.15, 0.2) is 48.7 Å². The number of para-hydroxylation sites is 1. The van der Waals surface area contributed by atoms with Gasteiger partial charge in [-0.15, -0.1) is 0 Å². The van der Waals surface area contributed by atoms with Crippen molar-refractivity contribution in [2.24, 2.45) is 0 Å². The Hall–Kier alpha value is -1.48. The zero-order chi connectivity index (χ0) is 16.5. The van der Waals surface area contributed by atoms with Crippen molar-refractivity contribution in [3.63, 3.8) is 0 Å². The van der Waals surface area contributed by atoms with Crippen LogP contribution in [0.25, 0.3) is 10.9 Å². The third-order valence-corrected chi connectivity index (χ3v) is 5.54. The van der Waals surface area contributed by atoms with Crippen LogP contribution in [-0.4, -0.2) is 17.7 Å². The minimum atomic E-state index is 0.637. The summed E-state index contributed by atoms with van der Waals surface area (Å²) in [5.41, 5.74) is 3.84. The molecule has 0 spiro atoms. The molecule has 0 atom stereocenters. The number of nitrogens with zero attached hydrogens (tertiary/aromatic N) is 1. The number of rotatable bonds is 3. The number of hydrogen-bond donors (Lipinski definition) is 1. The van der Waals surface area contributed by atoms with Gasteiger partial charge in [-0.3, -0.25) is 0 Å². The van der Waals surface area contributed by atoms with Gasteiger partial charge in [-0.25, -0.2) is 0 Å². The Morgan fingerprint density at radius 2 is 1.83 bits per heavy atom. The van der Waals surface area contributed by atoms with Crippen LogP contribution in [0, 0.1) is 0 Å². The fraction of sp³-hybridized carbons (Fsp3) is 0.300. The quantitative estimate of drug-likeness (QED) is 0.657. The lowest BCUT2D eigenvalue weighted by atomic mass is 9.90. The molecule has 1 aliphatic rings. The molecule has 24 heavy (non-hydrogen) atoms. The first-order valence-electron chi connectivity index (χ1n) is 8.45. The van der Waals surface area contributed by atoms with Crippen molar-refractivity contribution in [2.45, 2.75) is 25.3 Å². The molecule has 1 N–H and O–H groups in total. The molecule has 1 aliphatic heterocycles. The molecule has 0 amide bonds. The molecule has 1 saturated heterocycles. The smallest absolute Gasteiger partial charge is 0.0491 e. The number of benzene rings is 2. The first-order chi connectivity index (χ1) is 11.7. The fourth-order valence-electron chi connectivity index (χ4n) is 3.70. The molecule has 2 nitrogen and oxygen atoms in total. The zero-order valence-corrected chi connectivity index (χ0v) is 14.9. The molecule has 124 valence electrons. The second-order valence-electron chi connectivity index (χ2n) is 6.49. The maximum absolute atomic E-state index is 6.38. The Labute approximate surface area is 152 Å². The second-order valence-corrected chi connectivity index (χ2v) is 7.33. The van der Waals surface area contributed by atoms with Gasteiger partial charge in [0.1, 0.15) is 0 Å². The van der Waals surface area contributed by atoms with Crippen LogP contribution in [0.1, 0.15) is 29.9 Å². The molecular weight excluding hydrogens is 339 g/mol. The van der Waals surface area contributed by atoms with E-state index < -0.39 is 0 Å². The van der Waals surface area contributed by atoms with E-state index in [9.17, 15) is 0 Å². The van der Waals surface area contributed by atoms with Crippen molar-refractivity contribution in [1.82, 2.24) is 9.88 Å². The summed E-state index contributed by atoms with van der Waals surface area (Å²) in [6.45, 7) is 2.97. The summed E-state index contributed by atoms with van der Waals surface area (Å²) < 4.78 is 2.32. The van der Waals surface area contributed by atoms with Crippen LogP contribution < -0.4 is 5.32 Å². The van der Waals surface area contributed by atoms with Gasteiger partial charge in [0.05, 0.1) is 0 Å². The predicted molar refractivity (Wildman–Crippen MR) is 102 cm³/mol. The summed E-state index contributed by atoms with van der Waals surface area (Å²) in [4.78, 5) is 0. The molecule has 2 heterocycles. The molecule has 1 fully saturated rings. The van der Waals surface area contributed by atoms with Gasteiger partial charge in [-0.05, 0) is 61.2 Å². The lowest BCUT2D eigenvalue weighted by molar-refractivity contribution is 0.461. The maximum atomic E-state index is 6.38. The first kappa shape index (κ1) is 16.0. The highest BCUT2D eigenvalue weighted by Crippen LogP contribution is 2.34. The molecule has 0 aliphatic carbocycles. The topological polar surface area (TPSA) is 17.0 Å². The van der Waals surface area contributed by atoms with E-state index in [1.54, 1.807) is 0 Å². The Kier molecular flexibility index (Phi) is 4.53. The van der Waals surface area contributed by atoms with E-state index in [0.717, 1.165) is 30.2 Å². The second kappa shape index (κ2) is 6.79. The Bertz CT molecular complexity index is 863. The molecule has 0 saturated carbocycles. The van der Waals surface area contributed by atoms with Crippen LogP contribution in [0.3, 0.4) is 0 Å². The van der Waals surface area contributed by atoms with Crippen molar-refractivity contribution < 1.29 is 0 Å². The van der Waals surface area contributed by atoms with Gasteiger partial charge in [-0.2, -0.15) is 0 Å². The van der Waals surface area contributed by atoms with E-state index in [4.69, 9.17) is 23.2 Å². The number of aromatic nitrogens is 1. The minimum absolute atomic E-state index is 0.637. The van der Waals surface area contributed by atoms with Gasteiger partial charge in [0.2, 0.25) is 0 Å². The summed E-state index contributed by atoms with van der Waals surface area (Å²) in [6.07, 6.45) is 4.73. The maximum Gasteiger partial charge on any atom is 0.0491 e. The monoisotopic (exact) mass is 358 g/mol. The van der Waals surface area contributed by atoms with Crippen LogP contribution in [0.4, 0.5) is 0 Å². The van der Waals surface area contributed by atoms with Crippen LogP contribution >= 0.6 is 23.2 Å². The van der Waals surface area contributed by atoms with Crippen molar-refractivity contribution in [1.29, 1.82) is 0 Å². The number of hydrogen-bond acceptors (Lipinski definition) is 1. The van der Waals surface area contributed by atoms with Gasteiger partial charge in [0.25, 0.3) is 0 Å². The highest BCUT2D eigenvalue weighted by atomic mass is 35.5. The van der Waals surface area contributed by atoms with E-state index in [1.165, 1.54) is 29.3 Å². The highest BCUT2D eigenvalue weighted by molar-refractivity contribution is 6.35.